The fraction of sp³-hybridized carbons (Fsp3) is 0.333. The molecular formula is C30H35NO6. The van der Waals surface area contributed by atoms with Crippen LogP contribution >= 0.6 is 0 Å². The van der Waals surface area contributed by atoms with Gasteiger partial charge in [-0.15, -0.1) is 0 Å². The number of carbonyl (C=O) groups excluding carboxylic acids is 2. The maximum Gasteiger partial charge on any atom is 0.408 e. The number of benzene rings is 3. The number of amides is 1. The quantitative estimate of drug-likeness (QED) is 0.330. The van der Waals surface area contributed by atoms with Crippen molar-refractivity contribution in [2.24, 2.45) is 0 Å². The molecule has 7 heteroatoms. The van der Waals surface area contributed by atoms with Crippen LogP contribution in [0.5, 0.6) is 11.5 Å². The van der Waals surface area contributed by atoms with Gasteiger partial charge in [0.05, 0.1) is 6.61 Å². The molecule has 0 aliphatic heterocycles. The smallest absolute Gasteiger partial charge is 0.408 e. The minimum Gasteiger partial charge on any atom is -0.489 e. The standard InChI is InChI=1S/C30H35NO6/c1-5-34-28(32)26(31-29(33)37-30(2,3)4)18-23-16-17-24(21-35-25-14-10-7-11-15-25)27(19-23)36-20-22-12-8-6-9-13-22/h6-17,19,26H,5,18,20-21H2,1-4H3,(H,31,33)/t26-/m0/s1. The molecule has 1 N–H and O–H groups in total. The van der Waals surface area contributed by atoms with Crippen molar-refractivity contribution in [2.45, 2.75) is 59.0 Å². The summed E-state index contributed by atoms with van der Waals surface area (Å²) in [7, 11) is 0. The number of carbonyl (C=O) groups is 2. The zero-order valence-corrected chi connectivity index (χ0v) is 21.9. The molecule has 0 fully saturated rings. The van der Waals surface area contributed by atoms with Gasteiger partial charge in [-0.3, -0.25) is 0 Å². The third kappa shape index (κ3) is 9.52. The van der Waals surface area contributed by atoms with Gasteiger partial charge in [0.25, 0.3) is 0 Å². The molecule has 0 saturated carbocycles. The molecule has 0 spiro atoms. The molecular weight excluding hydrogens is 470 g/mol. The maximum absolute atomic E-state index is 12.6. The lowest BCUT2D eigenvalue weighted by atomic mass is 10.0. The van der Waals surface area contributed by atoms with Crippen LogP contribution in [-0.2, 0) is 33.9 Å². The van der Waals surface area contributed by atoms with Crippen LogP contribution in [0, 0.1) is 0 Å². The third-order valence-corrected chi connectivity index (χ3v) is 5.21. The minimum absolute atomic E-state index is 0.201. The summed E-state index contributed by atoms with van der Waals surface area (Å²) in [6.07, 6.45) is -0.474. The first-order valence-corrected chi connectivity index (χ1v) is 12.4. The number of alkyl carbamates (subject to hydrolysis) is 1. The molecule has 0 bridgehead atoms. The summed E-state index contributed by atoms with van der Waals surface area (Å²) in [5.74, 6) is 0.860. The van der Waals surface area contributed by atoms with E-state index in [4.69, 9.17) is 18.9 Å². The SMILES string of the molecule is CCOC(=O)[C@H](Cc1ccc(COc2ccccc2)c(OCc2ccccc2)c1)NC(=O)OC(C)(C)C. The zero-order valence-electron chi connectivity index (χ0n) is 21.9. The monoisotopic (exact) mass is 505 g/mol. The highest BCUT2D eigenvalue weighted by atomic mass is 16.6. The number of rotatable bonds is 11. The number of hydrogen-bond acceptors (Lipinski definition) is 6. The highest BCUT2D eigenvalue weighted by molar-refractivity contribution is 5.81. The summed E-state index contributed by atoms with van der Waals surface area (Å²) < 4.78 is 22.7. The van der Waals surface area contributed by atoms with Crippen LogP contribution in [0.1, 0.15) is 44.4 Å². The van der Waals surface area contributed by atoms with E-state index < -0.39 is 23.7 Å². The first kappa shape index (κ1) is 27.6. The Bertz CT molecular complexity index is 1140. The van der Waals surface area contributed by atoms with E-state index in [1.165, 1.54) is 0 Å². The van der Waals surface area contributed by atoms with Crippen LogP contribution < -0.4 is 14.8 Å². The number of esters is 1. The maximum atomic E-state index is 12.6. The van der Waals surface area contributed by atoms with E-state index in [-0.39, 0.29) is 13.0 Å². The lowest BCUT2D eigenvalue weighted by molar-refractivity contribution is -0.145. The van der Waals surface area contributed by atoms with Crippen LogP contribution in [0.4, 0.5) is 4.79 Å². The average molecular weight is 506 g/mol. The van der Waals surface area contributed by atoms with Crippen molar-refractivity contribution in [3.8, 4) is 11.5 Å². The van der Waals surface area contributed by atoms with Gasteiger partial charge >= 0.3 is 12.1 Å². The van der Waals surface area contributed by atoms with Crippen molar-refractivity contribution in [3.05, 3.63) is 95.6 Å². The molecule has 0 aromatic heterocycles. The Morgan fingerprint density at radius 2 is 1.51 bits per heavy atom. The number of para-hydroxylation sites is 1. The molecule has 37 heavy (non-hydrogen) atoms. The van der Waals surface area contributed by atoms with E-state index in [9.17, 15) is 9.59 Å². The van der Waals surface area contributed by atoms with Gasteiger partial charge in [0.1, 0.15) is 36.4 Å². The lowest BCUT2D eigenvalue weighted by Gasteiger charge is -2.23. The molecule has 0 saturated heterocycles. The highest BCUT2D eigenvalue weighted by Crippen LogP contribution is 2.25. The van der Waals surface area contributed by atoms with Gasteiger partial charge in [-0.1, -0.05) is 60.7 Å². The van der Waals surface area contributed by atoms with Gasteiger partial charge in [-0.05, 0) is 57.0 Å². The molecule has 1 atom stereocenters. The van der Waals surface area contributed by atoms with Crippen molar-refractivity contribution in [1.29, 1.82) is 0 Å². The second-order valence-electron chi connectivity index (χ2n) is 9.47. The fourth-order valence-electron chi connectivity index (χ4n) is 3.51. The van der Waals surface area contributed by atoms with Crippen molar-refractivity contribution >= 4 is 12.1 Å². The Kier molecular flexibility index (Phi) is 9.95. The molecule has 0 aliphatic rings. The van der Waals surface area contributed by atoms with E-state index in [2.05, 4.69) is 5.32 Å². The summed E-state index contributed by atoms with van der Waals surface area (Å²) in [6.45, 7) is 7.90. The second kappa shape index (κ2) is 13.3. The molecule has 0 heterocycles. The zero-order chi connectivity index (χ0) is 26.7. The molecule has 7 nitrogen and oxygen atoms in total. The Balaban J connectivity index is 1.80. The third-order valence-electron chi connectivity index (χ3n) is 5.21. The van der Waals surface area contributed by atoms with Gasteiger partial charge in [0.15, 0.2) is 0 Å². The molecule has 0 radical (unpaired) electrons. The first-order chi connectivity index (χ1) is 17.7. The molecule has 3 aromatic rings. The summed E-state index contributed by atoms with van der Waals surface area (Å²) in [4.78, 5) is 25.0. The van der Waals surface area contributed by atoms with Gasteiger partial charge < -0.3 is 24.3 Å². The minimum atomic E-state index is -0.914. The summed E-state index contributed by atoms with van der Waals surface area (Å²) in [5.41, 5.74) is 1.98. The topological polar surface area (TPSA) is 83.1 Å². The summed E-state index contributed by atoms with van der Waals surface area (Å²) in [5, 5.41) is 2.64. The Morgan fingerprint density at radius 3 is 2.16 bits per heavy atom. The van der Waals surface area contributed by atoms with E-state index in [0.717, 1.165) is 22.4 Å². The van der Waals surface area contributed by atoms with Crippen LogP contribution in [0.15, 0.2) is 78.9 Å². The van der Waals surface area contributed by atoms with E-state index in [1.54, 1.807) is 27.7 Å². The molecule has 3 rings (SSSR count). The average Bonchev–Trinajstić information content (AvgIpc) is 2.86. The second-order valence-corrected chi connectivity index (χ2v) is 9.47. The lowest BCUT2D eigenvalue weighted by Crippen LogP contribution is -2.45. The highest BCUT2D eigenvalue weighted by Gasteiger charge is 2.26. The van der Waals surface area contributed by atoms with Crippen molar-refractivity contribution in [2.75, 3.05) is 6.61 Å². The predicted octanol–water partition coefficient (Wildman–Crippen LogP) is 5.84. The summed E-state index contributed by atoms with van der Waals surface area (Å²) in [6, 6.07) is 24.2. The van der Waals surface area contributed by atoms with Crippen LogP contribution in [0.3, 0.4) is 0 Å². The number of hydrogen-bond donors (Lipinski definition) is 1. The van der Waals surface area contributed by atoms with Gasteiger partial charge in [-0.25, -0.2) is 9.59 Å². The van der Waals surface area contributed by atoms with E-state index >= 15 is 0 Å². The molecule has 3 aromatic carbocycles. The normalized spacial score (nSPS) is 11.8. The van der Waals surface area contributed by atoms with Crippen LogP contribution in [0.25, 0.3) is 0 Å². The Labute approximate surface area is 218 Å². The largest absolute Gasteiger partial charge is 0.489 e. The first-order valence-electron chi connectivity index (χ1n) is 12.4. The van der Waals surface area contributed by atoms with Gasteiger partial charge in [0.2, 0.25) is 0 Å². The number of ether oxygens (including phenoxy) is 4. The Hall–Kier alpha value is -4.00. The molecule has 1 amide bonds. The van der Waals surface area contributed by atoms with E-state index in [0.29, 0.717) is 19.0 Å². The molecule has 0 aliphatic carbocycles. The summed E-state index contributed by atoms with van der Waals surface area (Å²) >= 11 is 0. The van der Waals surface area contributed by atoms with Crippen LogP contribution in [0.2, 0.25) is 0 Å². The molecule has 196 valence electrons. The van der Waals surface area contributed by atoms with Gasteiger partial charge in [0, 0.05) is 12.0 Å². The molecule has 0 unspecified atom stereocenters. The predicted molar refractivity (Wildman–Crippen MR) is 141 cm³/mol. The Morgan fingerprint density at radius 1 is 0.838 bits per heavy atom. The van der Waals surface area contributed by atoms with Crippen molar-refractivity contribution in [1.82, 2.24) is 5.32 Å². The van der Waals surface area contributed by atoms with E-state index in [1.807, 2.05) is 78.9 Å². The van der Waals surface area contributed by atoms with Crippen LogP contribution in [-0.4, -0.2) is 30.3 Å². The van der Waals surface area contributed by atoms with Gasteiger partial charge in [-0.2, -0.15) is 0 Å². The number of nitrogens with one attached hydrogen (secondary N) is 1. The van der Waals surface area contributed by atoms with Crippen molar-refractivity contribution in [3.63, 3.8) is 0 Å². The van der Waals surface area contributed by atoms with Crippen molar-refractivity contribution < 1.29 is 28.5 Å². The fourth-order valence-corrected chi connectivity index (χ4v) is 3.51.